The minimum Gasteiger partial charge on any atom is -0.393 e. The predicted molar refractivity (Wildman–Crippen MR) is 96.5 cm³/mol. The fourth-order valence-electron chi connectivity index (χ4n) is 1.98. The summed E-state index contributed by atoms with van der Waals surface area (Å²) in [5, 5.41) is 3.56. The molecule has 3 aromatic rings. The average Bonchev–Trinajstić information content (AvgIpc) is 2.64. The van der Waals surface area contributed by atoms with Crippen LogP contribution in [0.25, 0.3) is 0 Å². The van der Waals surface area contributed by atoms with Crippen LogP contribution in [-0.4, -0.2) is 20.9 Å². The SMILES string of the molecule is Nc1c(NNC(=O)c2ccncc2)ncnc1Nc1ccccc1Cl. The third kappa shape index (κ3) is 3.93. The first-order valence-electron chi connectivity index (χ1n) is 7.23. The Balaban J connectivity index is 1.73. The molecule has 0 fully saturated rings. The molecule has 3 rings (SSSR count). The van der Waals surface area contributed by atoms with E-state index in [9.17, 15) is 4.79 Å². The number of benzene rings is 1. The summed E-state index contributed by atoms with van der Waals surface area (Å²) < 4.78 is 0. The second-order valence-electron chi connectivity index (χ2n) is 4.90. The molecule has 0 spiro atoms. The highest BCUT2D eigenvalue weighted by atomic mass is 35.5. The van der Waals surface area contributed by atoms with Gasteiger partial charge in [-0.15, -0.1) is 0 Å². The fourth-order valence-corrected chi connectivity index (χ4v) is 2.16. The zero-order valence-electron chi connectivity index (χ0n) is 12.9. The van der Waals surface area contributed by atoms with Gasteiger partial charge in [-0.25, -0.2) is 9.97 Å². The molecule has 0 bridgehead atoms. The van der Waals surface area contributed by atoms with Crippen molar-refractivity contribution in [3.05, 3.63) is 65.7 Å². The van der Waals surface area contributed by atoms with Crippen molar-refractivity contribution in [2.45, 2.75) is 0 Å². The van der Waals surface area contributed by atoms with Crippen molar-refractivity contribution in [3.63, 3.8) is 0 Å². The monoisotopic (exact) mass is 355 g/mol. The van der Waals surface area contributed by atoms with E-state index in [4.69, 9.17) is 17.3 Å². The van der Waals surface area contributed by atoms with Gasteiger partial charge in [0.25, 0.3) is 5.91 Å². The van der Waals surface area contributed by atoms with Crippen molar-refractivity contribution in [2.24, 2.45) is 0 Å². The summed E-state index contributed by atoms with van der Waals surface area (Å²) >= 11 is 6.11. The second-order valence-corrected chi connectivity index (χ2v) is 5.31. The summed E-state index contributed by atoms with van der Waals surface area (Å²) in [5.74, 6) is 0.275. The number of hydrogen-bond donors (Lipinski definition) is 4. The zero-order chi connectivity index (χ0) is 17.6. The minimum atomic E-state index is -0.346. The maximum atomic E-state index is 12.0. The number of aromatic nitrogens is 3. The van der Waals surface area contributed by atoms with Crippen molar-refractivity contribution in [3.8, 4) is 0 Å². The zero-order valence-corrected chi connectivity index (χ0v) is 13.7. The number of amides is 1. The normalized spacial score (nSPS) is 10.1. The third-order valence-electron chi connectivity index (χ3n) is 3.25. The molecule has 5 N–H and O–H groups in total. The Bertz CT molecular complexity index is 889. The lowest BCUT2D eigenvalue weighted by Gasteiger charge is -2.13. The number of carbonyl (C=O) groups is 1. The highest BCUT2D eigenvalue weighted by molar-refractivity contribution is 6.33. The van der Waals surface area contributed by atoms with Gasteiger partial charge in [-0.2, -0.15) is 0 Å². The van der Waals surface area contributed by atoms with Gasteiger partial charge in [0.15, 0.2) is 11.6 Å². The summed E-state index contributed by atoms with van der Waals surface area (Å²) in [7, 11) is 0. The van der Waals surface area contributed by atoms with Crippen LogP contribution >= 0.6 is 11.6 Å². The highest BCUT2D eigenvalue weighted by Crippen LogP contribution is 2.29. The topological polar surface area (TPSA) is 118 Å². The number of nitrogen functional groups attached to an aromatic ring is 1. The lowest BCUT2D eigenvalue weighted by atomic mass is 10.3. The molecular formula is C16H14ClN7O. The molecule has 0 unspecified atom stereocenters. The quantitative estimate of drug-likeness (QED) is 0.519. The molecule has 2 heterocycles. The molecule has 0 aliphatic rings. The van der Waals surface area contributed by atoms with Crippen LogP contribution in [0.4, 0.5) is 23.0 Å². The number of hydrogen-bond acceptors (Lipinski definition) is 7. The maximum Gasteiger partial charge on any atom is 0.269 e. The molecule has 126 valence electrons. The van der Waals surface area contributed by atoms with Gasteiger partial charge in [0.05, 0.1) is 10.7 Å². The molecule has 0 saturated heterocycles. The summed E-state index contributed by atoms with van der Waals surface area (Å²) in [6.07, 6.45) is 4.37. The summed E-state index contributed by atoms with van der Waals surface area (Å²) in [6.45, 7) is 0. The summed E-state index contributed by atoms with van der Waals surface area (Å²) in [4.78, 5) is 24.0. The van der Waals surface area contributed by atoms with E-state index in [-0.39, 0.29) is 17.4 Å². The first-order chi connectivity index (χ1) is 12.1. The van der Waals surface area contributed by atoms with Gasteiger partial charge < -0.3 is 11.1 Å². The van der Waals surface area contributed by atoms with Crippen LogP contribution < -0.4 is 21.9 Å². The number of carbonyl (C=O) groups excluding carboxylic acids is 1. The molecule has 8 nitrogen and oxygen atoms in total. The van der Waals surface area contributed by atoms with Gasteiger partial charge in [-0.3, -0.25) is 20.6 Å². The Morgan fingerprint density at radius 1 is 1.04 bits per heavy atom. The average molecular weight is 356 g/mol. The van der Waals surface area contributed by atoms with E-state index in [1.807, 2.05) is 12.1 Å². The lowest BCUT2D eigenvalue weighted by Crippen LogP contribution is -2.30. The van der Waals surface area contributed by atoms with Crippen molar-refractivity contribution in [1.29, 1.82) is 0 Å². The van der Waals surface area contributed by atoms with Gasteiger partial charge in [-0.1, -0.05) is 23.7 Å². The number of anilines is 4. The molecule has 0 saturated carbocycles. The number of halogens is 1. The third-order valence-corrected chi connectivity index (χ3v) is 3.58. The molecule has 9 heteroatoms. The van der Waals surface area contributed by atoms with Gasteiger partial charge in [-0.05, 0) is 24.3 Å². The van der Waals surface area contributed by atoms with Gasteiger partial charge >= 0.3 is 0 Å². The Morgan fingerprint density at radius 3 is 2.52 bits per heavy atom. The van der Waals surface area contributed by atoms with Gasteiger partial charge in [0.2, 0.25) is 0 Å². The fraction of sp³-hybridized carbons (Fsp3) is 0. The molecule has 0 aliphatic carbocycles. The first-order valence-corrected chi connectivity index (χ1v) is 7.61. The van der Waals surface area contributed by atoms with Crippen molar-refractivity contribution in [1.82, 2.24) is 20.4 Å². The van der Waals surface area contributed by atoms with E-state index >= 15 is 0 Å². The van der Waals surface area contributed by atoms with E-state index in [0.29, 0.717) is 22.1 Å². The second kappa shape index (κ2) is 7.45. The van der Waals surface area contributed by atoms with Crippen LogP contribution in [0.15, 0.2) is 55.1 Å². The Kier molecular flexibility index (Phi) is 4.91. The van der Waals surface area contributed by atoms with Crippen LogP contribution in [-0.2, 0) is 0 Å². The number of nitrogens with two attached hydrogens (primary N) is 1. The molecule has 2 aromatic heterocycles. The number of pyridine rings is 1. The van der Waals surface area contributed by atoms with Crippen molar-refractivity contribution < 1.29 is 4.79 Å². The number of nitrogens with zero attached hydrogens (tertiary/aromatic N) is 3. The van der Waals surface area contributed by atoms with Gasteiger partial charge in [0.1, 0.15) is 12.0 Å². The number of rotatable bonds is 5. The summed E-state index contributed by atoms with van der Waals surface area (Å²) in [6, 6.07) is 10.4. The predicted octanol–water partition coefficient (Wildman–Crippen LogP) is 2.61. The largest absolute Gasteiger partial charge is 0.393 e. The van der Waals surface area contributed by atoms with Gasteiger partial charge in [0, 0.05) is 18.0 Å². The molecule has 0 atom stereocenters. The van der Waals surface area contributed by atoms with E-state index in [1.54, 1.807) is 24.3 Å². The highest BCUT2D eigenvalue weighted by Gasteiger charge is 2.11. The van der Waals surface area contributed by atoms with Crippen molar-refractivity contribution in [2.75, 3.05) is 16.5 Å². The Labute approximate surface area is 148 Å². The Hall–Kier alpha value is -3.39. The maximum absolute atomic E-state index is 12.0. The molecule has 1 amide bonds. The molecule has 25 heavy (non-hydrogen) atoms. The number of hydrazine groups is 1. The number of para-hydroxylation sites is 1. The molecule has 0 radical (unpaired) electrons. The van der Waals surface area contributed by atoms with E-state index in [0.717, 1.165) is 0 Å². The standard InChI is InChI=1S/C16H14ClN7O/c17-11-3-1-2-4-12(11)22-14-13(18)15(21-9-20-14)23-24-16(25)10-5-7-19-8-6-10/h1-9H,18H2,(H,24,25)(H2,20,21,22,23). The van der Waals surface area contributed by atoms with Crippen LogP contribution in [0.5, 0.6) is 0 Å². The van der Waals surface area contributed by atoms with E-state index < -0.39 is 0 Å². The molecular weight excluding hydrogens is 342 g/mol. The van der Waals surface area contributed by atoms with E-state index in [1.165, 1.54) is 18.7 Å². The van der Waals surface area contributed by atoms with Crippen LogP contribution in [0.2, 0.25) is 5.02 Å². The lowest BCUT2D eigenvalue weighted by molar-refractivity contribution is 0.0962. The van der Waals surface area contributed by atoms with Crippen molar-refractivity contribution >= 4 is 40.5 Å². The van der Waals surface area contributed by atoms with Crippen LogP contribution in [0.3, 0.4) is 0 Å². The van der Waals surface area contributed by atoms with Crippen LogP contribution in [0.1, 0.15) is 10.4 Å². The smallest absolute Gasteiger partial charge is 0.269 e. The van der Waals surface area contributed by atoms with E-state index in [2.05, 4.69) is 31.1 Å². The minimum absolute atomic E-state index is 0.234. The number of nitrogens with one attached hydrogen (secondary N) is 3. The van der Waals surface area contributed by atoms with Crippen LogP contribution in [0, 0.1) is 0 Å². The summed E-state index contributed by atoms with van der Waals surface area (Å²) in [5.41, 5.74) is 12.6. The first kappa shape index (κ1) is 16.5. The molecule has 1 aromatic carbocycles. The molecule has 0 aliphatic heterocycles. The Morgan fingerprint density at radius 2 is 1.76 bits per heavy atom.